The predicted octanol–water partition coefficient (Wildman–Crippen LogP) is -1.53. The molecule has 0 radical (unpaired) electrons. The Hall–Kier alpha value is -1.67. The first-order valence-electron chi connectivity index (χ1n) is 2.56. The summed E-state index contributed by atoms with van der Waals surface area (Å²) in [5, 5.41) is 4.57. The van der Waals surface area contributed by atoms with Crippen molar-refractivity contribution in [1.82, 2.24) is 10.7 Å². The molecule has 5 N–H and O–H groups in total. The molecule has 0 spiro atoms. The molecule has 1 rings (SSSR count). The van der Waals surface area contributed by atoms with Gasteiger partial charge < -0.3 is 5.73 Å². The predicted molar refractivity (Wildman–Crippen MR) is 37.7 cm³/mol. The largest absolute Gasteiger partial charge is 0.382 e. The molecular formula is C5H7N5. The summed E-state index contributed by atoms with van der Waals surface area (Å²) in [5.74, 6) is 7.83. The van der Waals surface area contributed by atoms with Crippen LogP contribution in [0.5, 0.6) is 0 Å². The van der Waals surface area contributed by atoms with Gasteiger partial charge in [0.1, 0.15) is 11.5 Å². The second-order valence-corrected chi connectivity index (χ2v) is 1.68. The van der Waals surface area contributed by atoms with Crippen LogP contribution in [0.25, 0.3) is 0 Å². The van der Waals surface area contributed by atoms with Crippen molar-refractivity contribution in [3.05, 3.63) is 11.8 Å². The summed E-state index contributed by atoms with van der Waals surface area (Å²) < 4.78 is 0. The van der Waals surface area contributed by atoms with Crippen molar-refractivity contribution in [3.8, 4) is 12.3 Å². The van der Waals surface area contributed by atoms with Crippen LogP contribution in [-0.4, -0.2) is 11.1 Å². The van der Waals surface area contributed by atoms with Gasteiger partial charge in [-0.25, -0.2) is 5.84 Å². The molecule has 1 aliphatic heterocycles. The van der Waals surface area contributed by atoms with Crippen LogP contribution in [0.2, 0.25) is 0 Å². The number of nitrogens with zero attached hydrogens (tertiary/aromatic N) is 2. The number of hydrogen-bond acceptors (Lipinski definition) is 5. The third kappa shape index (κ3) is 1.18. The lowest BCUT2D eigenvalue weighted by Crippen LogP contribution is -2.43. The number of nitrogens with one attached hydrogen (secondary N) is 1. The van der Waals surface area contributed by atoms with Crippen LogP contribution in [0.3, 0.4) is 0 Å². The molecule has 0 aromatic heterocycles. The molecule has 0 fully saturated rings. The van der Waals surface area contributed by atoms with Crippen molar-refractivity contribution < 1.29 is 0 Å². The van der Waals surface area contributed by atoms with Crippen molar-refractivity contribution in [3.63, 3.8) is 0 Å². The normalized spacial score (nSPS) is 16.6. The number of nitrogens with two attached hydrogens (primary N) is 2. The lowest BCUT2D eigenvalue weighted by Gasteiger charge is -2.18. The van der Waals surface area contributed by atoms with Crippen molar-refractivity contribution in [2.75, 3.05) is 0 Å². The van der Waals surface area contributed by atoms with Gasteiger partial charge in [0.05, 0.1) is 0 Å². The highest BCUT2D eigenvalue weighted by atomic mass is 15.8. The zero-order valence-electron chi connectivity index (χ0n) is 5.20. The average molecular weight is 137 g/mol. The maximum atomic E-state index is 5.31. The monoisotopic (exact) mass is 137 g/mol. The smallest absolute Gasteiger partial charge is 0.149 e. The Morgan fingerprint density at radius 3 is 3.00 bits per heavy atom. The van der Waals surface area contributed by atoms with E-state index in [0.717, 1.165) is 5.23 Å². The number of hydrazine groups is 2. The lowest BCUT2D eigenvalue weighted by atomic mass is 10.4. The highest BCUT2D eigenvalue weighted by molar-refractivity contribution is 5.92. The van der Waals surface area contributed by atoms with Gasteiger partial charge in [-0.05, 0) is 0 Å². The molecule has 0 atom stereocenters. The highest BCUT2D eigenvalue weighted by Crippen LogP contribution is 1.93. The van der Waals surface area contributed by atoms with E-state index in [4.69, 9.17) is 18.0 Å². The first-order chi connectivity index (χ1) is 4.72. The van der Waals surface area contributed by atoms with Gasteiger partial charge in [0.15, 0.2) is 0 Å². The number of terminal acetylenes is 1. The molecule has 0 aliphatic carbocycles. The SMILES string of the molecule is C#CC1=CC(N)=NN(N)N1. The van der Waals surface area contributed by atoms with E-state index in [2.05, 4.69) is 16.4 Å². The fourth-order valence-electron chi connectivity index (χ4n) is 0.556. The first kappa shape index (κ1) is 6.45. The molecule has 1 heterocycles. The summed E-state index contributed by atoms with van der Waals surface area (Å²) >= 11 is 0. The first-order valence-corrected chi connectivity index (χ1v) is 2.56. The quantitative estimate of drug-likeness (QED) is 0.279. The average Bonchev–Trinajstić information content (AvgIpc) is 1.85. The van der Waals surface area contributed by atoms with Crippen molar-refractivity contribution in [1.29, 1.82) is 0 Å². The second-order valence-electron chi connectivity index (χ2n) is 1.68. The van der Waals surface area contributed by atoms with Gasteiger partial charge in [-0.15, -0.1) is 16.8 Å². The lowest BCUT2D eigenvalue weighted by molar-refractivity contribution is 0.230. The minimum Gasteiger partial charge on any atom is -0.382 e. The Kier molecular flexibility index (Phi) is 1.48. The molecule has 0 bridgehead atoms. The van der Waals surface area contributed by atoms with Gasteiger partial charge in [-0.1, -0.05) is 5.92 Å². The molecule has 1 aliphatic rings. The standard InChI is InChI=1S/C5H7N5/c1-2-4-3-5(6)9-10(7)8-4/h1,3,8H,7H2,(H2,6,9). The minimum atomic E-state index is 0.286. The van der Waals surface area contributed by atoms with Crippen molar-refractivity contribution >= 4 is 5.84 Å². The van der Waals surface area contributed by atoms with Crippen LogP contribution >= 0.6 is 0 Å². The van der Waals surface area contributed by atoms with Gasteiger partial charge in [0.2, 0.25) is 0 Å². The van der Waals surface area contributed by atoms with Crippen LogP contribution < -0.4 is 17.0 Å². The summed E-state index contributed by atoms with van der Waals surface area (Å²) in [6.45, 7) is 0. The van der Waals surface area contributed by atoms with Gasteiger partial charge in [-0.3, -0.25) is 5.43 Å². The van der Waals surface area contributed by atoms with Crippen LogP contribution in [0.1, 0.15) is 0 Å². The van der Waals surface area contributed by atoms with Crippen LogP contribution in [0.4, 0.5) is 0 Å². The van der Waals surface area contributed by atoms with Crippen molar-refractivity contribution in [2.24, 2.45) is 16.7 Å². The topological polar surface area (TPSA) is 79.7 Å². The van der Waals surface area contributed by atoms with Gasteiger partial charge in [0, 0.05) is 6.08 Å². The van der Waals surface area contributed by atoms with E-state index >= 15 is 0 Å². The zero-order chi connectivity index (χ0) is 7.56. The van der Waals surface area contributed by atoms with Gasteiger partial charge >= 0.3 is 0 Å². The van der Waals surface area contributed by atoms with Crippen LogP contribution in [-0.2, 0) is 0 Å². The molecule has 0 aromatic carbocycles. The van der Waals surface area contributed by atoms with E-state index in [1.165, 1.54) is 6.08 Å². The maximum absolute atomic E-state index is 5.31. The Morgan fingerprint density at radius 1 is 1.80 bits per heavy atom. The summed E-state index contributed by atoms with van der Waals surface area (Å²) in [6, 6.07) is 0. The fraction of sp³-hybridized carbons (Fsp3) is 0. The molecular weight excluding hydrogens is 130 g/mol. The summed E-state index contributed by atoms with van der Waals surface area (Å²) in [6.07, 6.45) is 6.57. The third-order valence-electron chi connectivity index (χ3n) is 0.906. The zero-order valence-corrected chi connectivity index (χ0v) is 5.20. The minimum absolute atomic E-state index is 0.286. The third-order valence-corrected chi connectivity index (χ3v) is 0.906. The number of hydrazone groups is 1. The van der Waals surface area contributed by atoms with E-state index in [1.54, 1.807) is 0 Å². The molecule has 0 amide bonds. The molecule has 10 heavy (non-hydrogen) atoms. The Labute approximate surface area is 58.3 Å². The number of amidine groups is 1. The van der Waals surface area contributed by atoms with Crippen LogP contribution in [0, 0.1) is 12.3 Å². The summed E-state index contributed by atoms with van der Waals surface area (Å²) in [4.78, 5) is 0. The number of allylic oxidation sites excluding steroid dienone is 1. The van der Waals surface area contributed by atoms with E-state index in [-0.39, 0.29) is 5.84 Å². The summed E-state index contributed by atoms with van der Waals surface area (Å²) in [7, 11) is 0. The molecule has 0 unspecified atom stereocenters. The number of hydrogen-bond donors (Lipinski definition) is 3. The molecule has 0 aromatic rings. The molecule has 52 valence electrons. The molecule has 0 saturated heterocycles. The van der Waals surface area contributed by atoms with Gasteiger partial charge in [0.25, 0.3) is 0 Å². The van der Waals surface area contributed by atoms with E-state index in [9.17, 15) is 0 Å². The summed E-state index contributed by atoms with van der Waals surface area (Å²) in [5.41, 5.74) is 8.37. The van der Waals surface area contributed by atoms with E-state index < -0.39 is 0 Å². The molecule has 5 nitrogen and oxygen atoms in total. The Morgan fingerprint density at radius 2 is 2.50 bits per heavy atom. The second kappa shape index (κ2) is 2.29. The maximum Gasteiger partial charge on any atom is 0.149 e. The Balaban J connectivity index is 2.83. The van der Waals surface area contributed by atoms with Gasteiger partial charge in [-0.2, -0.15) is 0 Å². The highest BCUT2D eigenvalue weighted by Gasteiger charge is 2.03. The fourth-order valence-corrected chi connectivity index (χ4v) is 0.556. The van der Waals surface area contributed by atoms with E-state index in [0.29, 0.717) is 5.70 Å². The van der Waals surface area contributed by atoms with Crippen molar-refractivity contribution in [2.45, 2.75) is 0 Å². The van der Waals surface area contributed by atoms with E-state index in [1.807, 2.05) is 0 Å². The molecule has 5 heteroatoms. The van der Waals surface area contributed by atoms with Crippen LogP contribution in [0.15, 0.2) is 16.9 Å². The molecule has 0 saturated carbocycles. The number of rotatable bonds is 0. The Bertz CT molecular complexity index is 233.